The molecule has 0 rings (SSSR count). The molecular formula is C9H15+. The second kappa shape index (κ2) is 4.32. The Hall–Kier alpha value is -0.570. The van der Waals surface area contributed by atoms with E-state index >= 15 is 0 Å². The van der Waals surface area contributed by atoms with Crippen LogP contribution in [0.4, 0.5) is 0 Å². The molecule has 0 heterocycles. The summed E-state index contributed by atoms with van der Waals surface area (Å²) in [6.07, 6.45) is 2.19. The molecule has 9 heavy (non-hydrogen) atoms. The van der Waals surface area contributed by atoms with Gasteiger partial charge in [-0.2, -0.15) is 0 Å². The summed E-state index contributed by atoms with van der Waals surface area (Å²) in [6, 6.07) is 0. The Bertz CT molecular complexity index is 114. The highest BCUT2D eigenvalue weighted by Crippen LogP contribution is 2.11. The Labute approximate surface area is 58.7 Å². The molecule has 0 saturated heterocycles. The monoisotopic (exact) mass is 123 g/mol. The van der Waals surface area contributed by atoms with Crippen molar-refractivity contribution < 1.29 is 0 Å². The van der Waals surface area contributed by atoms with Gasteiger partial charge < -0.3 is 0 Å². The van der Waals surface area contributed by atoms with Gasteiger partial charge in [0, 0.05) is 0 Å². The fourth-order valence-electron chi connectivity index (χ4n) is 0.648. The molecule has 0 aromatic rings. The highest BCUT2D eigenvalue weighted by molar-refractivity contribution is 5.02. The number of rotatable bonds is 2. The summed E-state index contributed by atoms with van der Waals surface area (Å²) in [7, 11) is 0. The van der Waals surface area contributed by atoms with Crippen molar-refractivity contribution in [1.29, 1.82) is 0 Å². The normalized spacial score (nSPS) is 15.1. The zero-order valence-electron chi connectivity index (χ0n) is 6.73. The molecule has 0 N–H and O–H groups in total. The lowest BCUT2D eigenvalue weighted by Gasteiger charge is -2.02. The van der Waals surface area contributed by atoms with Crippen molar-refractivity contribution >= 4 is 0 Å². The maximum Gasteiger partial charge on any atom is 0.108 e. The van der Waals surface area contributed by atoms with E-state index in [4.69, 9.17) is 0 Å². The van der Waals surface area contributed by atoms with Crippen molar-refractivity contribution in [2.75, 3.05) is 0 Å². The van der Waals surface area contributed by atoms with Gasteiger partial charge in [0.15, 0.2) is 0 Å². The molecule has 0 heteroatoms. The van der Waals surface area contributed by atoms with Gasteiger partial charge in [0.25, 0.3) is 0 Å². The Balaban J connectivity index is 3.67. The zero-order valence-corrected chi connectivity index (χ0v) is 6.73. The third kappa shape index (κ3) is 3.08. The second-order valence-electron chi connectivity index (χ2n) is 2.38. The van der Waals surface area contributed by atoms with Gasteiger partial charge in [0.1, 0.15) is 5.92 Å². The van der Waals surface area contributed by atoms with Crippen LogP contribution in [0.3, 0.4) is 0 Å². The van der Waals surface area contributed by atoms with Gasteiger partial charge in [0.2, 0.25) is 0 Å². The quantitative estimate of drug-likeness (QED) is 0.391. The van der Waals surface area contributed by atoms with Crippen molar-refractivity contribution in [1.82, 2.24) is 0 Å². The third-order valence-electron chi connectivity index (χ3n) is 1.69. The molecule has 50 valence electrons. The van der Waals surface area contributed by atoms with Crippen molar-refractivity contribution in [3.8, 4) is 11.8 Å². The molecule has 0 amide bonds. The van der Waals surface area contributed by atoms with E-state index in [1.165, 1.54) is 0 Å². The largest absolute Gasteiger partial charge is 0.108 e. The van der Waals surface area contributed by atoms with Crippen LogP contribution in [-0.2, 0) is 0 Å². The SMILES string of the molecule is CC#CC(C)C(C)[CH+]C. The fraction of sp³-hybridized carbons (Fsp3) is 0.667. The van der Waals surface area contributed by atoms with E-state index in [0.29, 0.717) is 11.8 Å². The molecule has 2 atom stereocenters. The van der Waals surface area contributed by atoms with E-state index in [1.807, 2.05) is 6.92 Å². The summed E-state index contributed by atoms with van der Waals surface area (Å²) in [5.41, 5.74) is 0. The molecule has 0 aliphatic rings. The first kappa shape index (κ1) is 8.43. The maximum atomic E-state index is 3.11. The van der Waals surface area contributed by atoms with E-state index in [1.54, 1.807) is 0 Å². The molecule has 0 bridgehead atoms. The van der Waals surface area contributed by atoms with Gasteiger partial charge in [0.05, 0.1) is 19.3 Å². The lowest BCUT2D eigenvalue weighted by atomic mass is 9.94. The summed E-state index contributed by atoms with van der Waals surface area (Å²) in [5.74, 6) is 7.16. The average molecular weight is 123 g/mol. The minimum atomic E-state index is 0.514. The summed E-state index contributed by atoms with van der Waals surface area (Å²) >= 11 is 0. The number of hydrogen-bond acceptors (Lipinski definition) is 0. The molecule has 0 aliphatic carbocycles. The van der Waals surface area contributed by atoms with Crippen LogP contribution in [0.1, 0.15) is 27.7 Å². The molecule has 2 unspecified atom stereocenters. The van der Waals surface area contributed by atoms with Crippen LogP contribution >= 0.6 is 0 Å². The Kier molecular flexibility index (Phi) is 4.05. The first-order chi connectivity index (χ1) is 4.22. The first-order valence-electron chi connectivity index (χ1n) is 3.44. The minimum absolute atomic E-state index is 0.514. The summed E-state index contributed by atoms with van der Waals surface area (Å²) in [5, 5.41) is 0. The fourth-order valence-corrected chi connectivity index (χ4v) is 0.648. The predicted octanol–water partition coefficient (Wildman–Crippen LogP) is 2.51. The van der Waals surface area contributed by atoms with Crippen molar-refractivity contribution in [3.05, 3.63) is 6.42 Å². The average Bonchev–Trinajstić information content (AvgIpc) is 1.87. The molecule has 0 radical (unpaired) electrons. The van der Waals surface area contributed by atoms with Crippen molar-refractivity contribution in [2.45, 2.75) is 27.7 Å². The van der Waals surface area contributed by atoms with Gasteiger partial charge in [-0.1, -0.05) is 5.92 Å². The topological polar surface area (TPSA) is 0 Å². The van der Waals surface area contributed by atoms with Crippen LogP contribution in [0.2, 0.25) is 0 Å². The van der Waals surface area contributed by atoms with Crippen LogP contribution < -0.4 is 0 Å². The molecule has 0 nitrogen and oxygen atoms in total. The third-order valence-corrected chi connectivity index (χ3v) is 1.69. The summed E-state index contributed by atoms with van der Waals surface area (Å²) < 4.78 is 0. The first-order valence-corrected chi connectivity index (χ1v) is 3.44. The van der Waals surface area contributed by atoms with E-state index in [0.717, 1.165) is 0 Å². The van der Waals surface area contributed by atoms with Crippen LogP contribution in [0.15, 0.2) is 0 Å². The summed E-state index contributed by atoms with van der Waals surface area (Å²) in [4.78, 5) is 0. The van der Waals surface area contributed by atoms with Crippen molar-refractivity contribution in [2.24, 2.45) is 11.8 Å². The van der Waals surface area contributed by atoms with Gasteiger partial charge >= 0.3 is 0 Å². The van der Waals surface area contributed by atoms with Gasteiger partial charge in [-0.05, 0) is 20.8 Å². The van der Waals surface area contributed by atoms with E-state index < -0.39 is 0 Å². The zero-order chi connectivity index (χ0) is 7.28. The van der Waals surface area contributed by atoms with Gasteiger partial charge in [-0.25, -0.2) is 0 Å². The molecule has 0 saturated carbocycles. The van der Waals surface area contributed by atoms with Crippen LogP contribution in [0.25, 0.3) is 0 Å². The lowest BCUT2D eigenvalue weighted by molar-refractivity contribution is 0.540. The standard InChI is InChI=1S/C9H15/c1-5-7-9(4)8(3)6-2/h6,8-9H,1-4H3/q+1. The lowest BCUT2D eigenvalue weighted by Crippen LogP contribution is -2.03. The Morgan fingerprint density at radius 1 is 1.33 bits per heavy atom. The molecule has 0 aliphatic heterocycles. The Morgan fingerprint density at radius 3 is 2.22 bits per heavy atom. The second-order valence-corrected chi connectivity index (χ2v) is 2.38. The number of hydrogen-bond donors (Lipinski definition) is 0. The molecular weight excluding hydrogens is 108 g/mol. The molecule has 0 aromatic carbocycles. The highest BCUT2D eigenvalue weighted by atomic mass is 14.1. The molecule has 0 fully saturated rings. The highest BCUT2D eigenvalue weighted by Gasteiger charge is 2.12. The van der Waals surface area contributed by atoms with Crippen LogP contribution in [0.5, 0.6) is 0 Å². The van der Waals surface area contributed by atoms with E-state index in [9.17, 15) is 0 Å². The van der Waals surface area contributed by atoms with E-state index in [2.05, 4.69) is 39.0 Å². The van der Waals surface area contributed by atoms with Gasteiger partial charge in [-0.15, -0.1) is 5.92 Å². The molecule has 0 aromatic heterocycles. The minimum Gasteiger partial charge on any atom is -0.106 e. The summed E-state index contributed by atoms with van der Waals surface area (Å²) in [6.45, 7) is 8.31. The van der Waals surface area contributed by atoms with Gasteiger partial charge in [-0.3, -0.25) is 0 Å². The van der Waals surface area contributed by atoms with Crippen LogP contribution in [0, 0.1) is 30.1 Å². The maximum absolute atomic E-state index is 3.11. The van der Waals surface area contributed by atoms with Crippen LogP contribution in [-0.4, -0.2) is 0 Å². The predicted molar refractivity (Wildman–Crippen MR) is 41.8 cm³/mol. The van der Waals surface area contributed by atoms with E-state index in [-0.39, 0.29) is 0 Å². The molecule has 0 spiro atoms. The van der Waals surface area contributed by atoms with Crippen molar-refractivity contribution in [3.63, 3.8) is 0 Å². The Morgan fingerprint density at radius 2 is 1.89 bits per heavy atom. The smallest absolute Gasteiger partial charge is 0.106 e.